The Kier molecular flexibility index (Phi) is 3.82. The summed E-state index contributed by atoms with van der Waals surface area (Å²) >= 11 is 0. The lowest BCUT2D eigenvalue weighted by Gasteiger charge is -2.07. The first-order chi connectivity index (χ1) is 8.99. The fourth-order valence-electron chi connectivity index (χ4n) is 1.46. The fraction of sp³-hybridized carbons (Fsp3) is 0.0769. The van der Waals surface area contributed by atoms with Crippen LogP contribution in [0.25, 0.3) is 0 Å². The first-order valence-corrected chi connectivity index (χ1v) is 6.82. The number of benzene rings is 2. The van der Waals surface area contributed by atoms with Crippen LogP contribution in [0.4, 0.5) is 4.39 Å². The van der Waals surface area contributed by atoms with Gasteiger partial charge in [0, 0.05) is 0 Å². The van der Waals surface area contributed by atoms with E-state index in [0.717, 1.165) is 0 Å². The topological polar surface area (TPSA) is 63.6 Å². The summed E-state index contributed by atoms with van der Waals surface area (Å²) in [7, 11) is -4.04. The van der Waals surface area contributed by atoms with Crippen LogP contribution < -0.4 is 0 Å². The van der Waals surface area contributed by atoms with Crippen LogP contribution in [0.15, 0.2) is 53.4 Å². The van der Waals surface area contributed by atoms with Crippen molar-refractivity contribution in [2.45, 2.75) is 11.5 Å². The van der Waals surface area contributed by atoms with Crippen molar-refractivity contribution in [3.63, 3.8) is 0 Å². The second-order valence-electron chi connectivity index (χ2n) is 3.81. The van der Waals surface area contributed by atoms with Crippen LogP contribution in [-0.4, -0.2) is 13.5 Å². The van der Waals surface area contributed by atoms with Gasteiger partial charge in [0.15, 0.2) is 0 Å². The van der Waals surface area contributed by atoms with E-state index >= 15 is 0 Å². The number of aromatic hydroxyl groups is 1. The van der Waals surface area contributed by atoms with Crippen molar-refractivity contribution in [1.29, 1.82) is 0 Å². The molecule has 4 nitrogen and oxygen atoms in total. The number of para-hydroxylation sites is 1. The number of hydrogen-bond acceptors (Lipinski definition) is 4. The van der Waals surface area contributed by atoms with Gasteiger partial charge in [-0.3, -0.25) is 4.18 Å². The molecule has 2 rings (SSSR count). The minimum Gasteiger partial charge on any atom is -0.506 e. The molecule has 0 saturated carbocycles. The van der Waals surface area contributed by atoms with E-state index in [-0.39, 0.29) is 17.3 Å². The molecule has 1 N–H and O–H groups in total. The third kappa shape index (κ3) is 3.30. The maximum atomic E-state index is 12.7. The molecule has 0 heterocycles. The van der Waals surface area contributed by atoms with Crippen molar-refractivity contribution >= 4 is 10.1 Å². The summed E-state index contributed by atoms with van der Waals surface area (Å²) in [4.78, 5) is -0.294. The average molecular weight is 282 g/mol. The van der Waals surface area contributed by atoms with Crippen LogP contribution in [0, 0.1) is 5.82 Å². The minimum absolute atomic E-state index is 0.225. The lowest BCUT2D eigenvalue weighted by molar-refractivity contribution is 0.305. The van der Waals surface area contributed by atoms with Crippen molar-refractivity contribution < 1.29 is 22.1 Å². The van der Waals surface area contributed by atoms with Crippen LogP contribution in [0.3, 0.4) is 0 Å². The van der Waals surface area contributed by atoms with E-state index < -0.39 is 15.9 Å². The number of rotatable bonds is 4. The van der Waals surface area contributed by atoms with E-state index in [4.69, 9.17) is 4.18 Å². The highest BCUT2D eigenvalue weighted by molar-refractivity contribution is 7.86. The first kappa shape index (κ1) is 13.5. The van der Waals surface area contributed by atoms with Gasteiger partial charge in [-0.15, -0.1) is 0 Å². The van der Waals surface area contributed by atoms with Crippen LogP contribution in [0.1, 0.15) is 5.56 Å². The van der Waals surface area contributed by atoms with Crippen molar-refractivity contribution in [1.82, 2.24) is 0 Å². The Bertz CT molecular complexity index is 665. The Labute approximate surface area is 110 Å². The summed E-state index contributed by atoms with van der Waals surface area (Å²) in [6, 6.07) is 10.8. The third-order valence-corrected chi connectivity index (χ3v) is 3.74. The summed E-state index contributed by atoms with van der Waals surface area (Å²) in [5.41, 5.74) is 0.514. The molecule has 6 heteroatoms. The zero-order valence-electron chi connectivity index (χ0n) is 9.78. The Morgan fingerprint density at radius 2 is 1.68 bits per heavy atom. The van der Waals surface area contributed by atoms with Crippen molar-refractivity contribution in [3.05, 3.63) is 59.9 Å². The van der Waals surface area contributed by atoms with Gasteiger partial charge in [0.2, 0.25) is 0 Å². The van der Waals surface area contributed by atoms with Crippen LogP contribution in [0.5, 0.6) is 5.75 Å². The molecular formula is C13H11FO4S. The Morgan fingerprint density at radius 1 is 1.05 bits per heavy atom. The monoisotopic (exact) mass is 282 g/mol. The number of halogens is 1. The highest BCUT2D eigenvalue weighted by Crippen LogP contribution is 2.24. The molecule has 0 aliphatic rings. The molecule has 19 heavy (non-hydrogen) atoms. The molecule has 0 atom stereocenters. The van der Waals surface area contributed by atoms with E-state index in [1.807, 2.05) is 0 Å². The van der Waals surface area contributed by atoms with E-state index in [9.17, 15) is 17.9 Å². The molecule has 0 amide bonds. The number of phenolic OH excluding ortho intramolecular Hbond substituents is 1. The van der Waals surface area contributed by atoms with Gasteiger partial charge in [0.1, 0.15) is 16.5 Å². The van der Waals surface area contributed by atoms with Crippen molar-refractivity contribution in [3.8, 4) is 5.75 Å². The molecule has 0 bridgehead atoms. The average Bonchev–Trinajstić information content (AvgIpc) is 2.38. The molecule has 2 aromatic carbocycles. The minimum atomic E-state index is -4.04. The van der Waals surface area contributed by atoms with Gasteiger partial charge in [0.25, 0.3) is 0 Å². The molecule has 2 aromatic rings. The standard InChI is InChI=1S/C13H11FO4S/c14-11-7-5-10(6-8-11)9-18-19(16,17)13-4-2-1-3-12(13)15/h1-8,15H,9H2. The predicted octanol–water partition coefficient (Wildman–Crippen LogP) is 2.44. The molecule has 100 valence electrons. The Morgan fingerprint density at radius 3 is 2.32 bits per heavy atom. The summed E-state index contributed by atoms with van der Waals surface area (Å²) in [5, 5.41) is 9.47. The summed E-state index contributed by atoms with van der Waals surface area (Å²) < 4.78 is 41.2. The highest BCUT2D eigenvalue weighted by atomic mass is 32.2. The van der Waals surface area contributed by atoms with Crippen molar-refractivity contribution in [2.24, 2.45) is 0 Å². The molecule has 0 spiro atoms. The van der Waals surface area contributed by atoms with Gasteiger partial charge in [-0.1, -0.05) is 24.3 Å². The maximum absolute atomic E-state index is 12.7. The fourth-order valence-corrected chi connectivity index (χ4v) is 2.45. The molecule has 0 unspecified atom stereocenters. The van der Waals surface area contributed by atoms with E-state index in [0.29, 0.717) is 5.56 Å². The highest BCUT2D eigenvalue weighted by Gasteiger charge is 2.19. The SMILES string of the molecule is O=S(=O)(OCc1ccc(F)cc1)c1ccccc1O. The normalized spacial score (nSPS) is 11.4. The zero-order chi connectivity index (χ0) is 13.9. The molecule has 0 aliphatic heterocycles. The molecule has 0 aromatic heterocycles. The van der Waals surface area contributed by atoms with Crippen molar-refractivity contribution in [2.75, 3.05) is 0 Å². The summed E-state index contributed by atoms with van der Waals surface area (Å²) in [6.07, 6.45) is 0. The number of phenols is 1. The lowest BCUT2D eigenvalue weighted by Crippen LogP contribution is -2.06. The van der Waals surface area contributed by atoms with Crippen LogP contribution >= 0.6 is 0 Å². The molecule has 0 fully saturated rings. The summed E-state index contributed by atoms with van der Waals surface area (Å²) in [5.74, 6) is -0.783. The van der Waals surface area contributed by atoms with Crippen LogP contribution in [-0.2, 0) is 20.9 Å². The van der Waals surface area contributed by atoms with Gasteiger partial charge in [-0.2, -0.15) is 8.42 Å². The first-order valence-electron chi connectivity index (χ1n) is 5.41. The third-order valence-electron chi connectivity index (χ3n) is 2.43. The zero-order valence-corrected chi connectivity index (χ0v) is 10.6. The van der Waals surface area contributed by atoms with Gasteiger partial charge >= 0.3 is 10.1 Å². The van der Waals surface area contributed by atoms with Gasteiger partial charge in [0.05, 0.1) is 6.61 Å². The smallest absolute Gasteiger partial charge is 0.300 e. The van der Waals surface area contributed by atoms with Gasteiger partial charge in [-0.05, 0) is 29.8 Å². The molecule has 0 saturated heterocycles. The van der Waals surface area contributed by atoms with Gasteiger partial charge < -0.3 is 5.11 Å². The predicted molar refractivity (Wildman–Crippen MR) is 66.5 cm³/mol. The van der Waals surface area contributed by atoms with E-state index in [2.05, 4.69) is 0 Å². The maximum Gasteiger partial charge on any atom is 0.300 e. The Hall–Kier alpha value is -1.92. The second-order valence-corrected chi connectivity index (χ2v) is 5.39. The quantitative estimate of drug-likeness (QED) is 0.875. The van der Waals surface area contributed by atoms with E-state index in [1.165, 1.54) is 48.5 Å². The molecular weight excluding hydrogens is 271 g/mol. The molecule has 0 radical (unpaired) electrons. The second kappa shape index (κ2) is 5.38. The van der Waals surface area contributed by atoms with Crippen LogP contribution in [0.2, 0.25) is 0 Å². The largest absolute Gasteiger partial charge is 0.506 e. The Balaban J connectivity index is 2.14. The summed E-state index contributed by atoms with van der Waals surface area (Å²) in [6.45, 7) is -0.225. The molecule has 0 aliphatic carbocycles. The lowest BCUT2D eigenvalue weighted by atomic mass is 10.2. The van der Waals surface area contributed by atoms with Gasteiger partial charge in [-0.25, -0.2) is 4.39 Å². The number of hydrogen-bond donors (Lipinski definition) is 1. The van der Waals surface area contributed by atoms with E-state index in [1.54, 1.807) is 0 Å².